The van der Waals surface area contributed by atoms with Crippen LogP contribution in [0.15, 0.2) is 11.5 Å². The highest BCUT2D eigenvalue weighted by Gasteiger charge is 2.05. The van der Waals surface area contributed by atoms with E-state index in [1.54, 1.807) is 12.2 Å². The second-order valence-corrected chi connectivity index (χ2v) is 3.34. The fraction of sp³-hybridized carbons (Fsp3) is 0.125. The number of carbonyl (C=O) groups is 2. The fourth-order valence-electron chi connectivity index (χ4n) is 0.738. The molecule has 0 aliphatic carbocycles. The average Bonchev–Trinajstić information content (AvgIpc) is 2.52. The van der Waals surface area contributed by atoms with Gasteiger partial charge in [-0.05, 0) is 6.08 Å². The predicted molar refractivity (Wildman–Crippen MR) is 51.9 cm³/mol. The van der Waals surface area contributed by atoms with Crippen molar-refractivity contribution in [2.45, 2.75) is 6.42 Å². The molecule has 0 fully saturated rings. The Balaban J connectivity index is 2.64. The van der Waals surface area contributed by atoms with Gasteiger partial charge in [-0.3, -0.25) is 4.79 Å². The minimum atomic E-state index is -1.06. The van der Waals surface area contributed by atoms with Crippen LogP contribution in [0.2, 0.25) is 0 Å². The average molecular weight is 212 g/mol. The molecule has 6 heteroatoms. The van der Waals surface area contributed by atoms with E-state index in [1.807, 2.05) is 0 Å². The van der Waals surface area contributed by atoms with Gasteiger partial charge in [0.05, 0.1) is 0 Å². The Morgan fingerprint density at radius 3 is 2.86 bits per heavy atom. The molecule has 5 nitrogen and oxygen atoms in total. The van der Waals surface area contributed by atoms with Crippen molar-refractivity contribution in [1.82, 2.24) is 4.98 Å². The number of carboxylic acid groups (broad SMARTS) is 1. The van der Waals surface area contributed by atoms with Crippen molar-refractivity contribution in [3.63, 3.8) is 0 Å². The van der Waals surface area contributed by atoms with Crippen molar-refractivity contribution in [2.24, 2.45) is 5.73 Å². The highest BCUT2D eigenvalue weighted by Crippen LogP contribution is 2.11. The molecule has 1 heterocycles. The maximum atomic E-state index is 10.4. The summed E-state index contributed by atoms with van der Waals surface area (Å²) in [6, 6.07) is 0. The minimum absolute atomic E-state index is 0.00808. The van der Waals surface area contributed by atoms with Crippen LogP contribution in [0.3, 0.4) is 0 Å². The van der Waals surface area contributed by atoms with Crippen molar-refractivity contribution >= 4 is 29.3 Å². The van der Waals surface area contributed by atoms with E-state index >= 15 is 0 Å². The lowest BCUT2D eigenvalue weighted by Gasteiger charge is -1.84. The van der Waals surface area contributed by atoms with Gasteiger partial charge in [0, 0.05) is 11.8 Å². The quantitative estimate of drug-likeness (QED) is 0.769. The molecule has 0 saturated heterocycles. The SMILES string of the molecule is NC(=O)CC=Cc1nc(C(=O)O)cs1. The van der Waals surface area contributed by atoms with E-state index in [4.69, 9.17) is 10.8 Å². The molecular weight excluding hydrogens is 204 g/mol. The van der Waals surface area contributed by atoms with Crippen LogP contribution in [0.1, 0.15) is 21.9 Å². The number of aromatic nitrogens is 1. The highest BCUT2D eigenvalue weighted by atomic mass is 32.1. The summed E-state index contributed by atoms with van der Waals surface area (Å²) in [6.45, 7) is 0. The zero-order chi connectivity index (χ0) is 10.6. The van der Waals surface area contributed by atoms with Gasteiger partial charge in [0.15, 0.2) is 5.69 Å². The number of hydrogen-bond acceptors (Lipinski definition) is 4. The fourth-order valence-corrected chi connectivity index (χ4v) is 1.45. The molecule has 0 saturated carbocycles. The Kier molecular flexibility index (Phi) is 3.35. The molecule has 0 bridgehead atoms. The molecule has 1 amide bonds. The first kappa shape index (κ1) is 10.4. The van der Waals surface area contributed by atoms with Gasteiger partial charge in [-0.25, -0.2) is 9.78 Å². The zero-order valence-corrected chi connectivity index (χ0v) is 7.95. The van der Waals surface area contributed by atoms with Gasteiger partial charge in [0.25, 0.3) is 0 Å². The Labute approximate surface area is 83.9 Å². The van der Waals surface area contributed by atoms with Crippen molar-refractivity contribution in [1.29, 1.82) is 0 Å². The number of primary amides is 1. The molecule has 1 aromatic heterocycles. The number of nitrogens with zero attached hydrogens (tertiary/aromatic N) is 1. The predicted octanol–water partition coefficient (Wildman–Crippen LogP) is 0.730. The number of aromatic carboxylic acids is 1. The summed E-state index contributed by atoms with van der Waals surface area (Å²) in [5.41, 5.74) is 4.92. The van der Waals surface area contributed by atoms with Crippen LogP contribution in [0.25, 0.3) is 6.08 Å². The van der Waals surface area contributed by atoms with Crippen LogP contribution in [-0.4, -0.2) is 22.0 Å². The molecule has 0 spiro atoms. The number of thiazole rings is 1. The molecule has 1 rings (SSSR count). The summed E-state index contributed by atoms with van der Waals surface area (Å²) < 4.78 is 0. The topological polar surface area (TPSA) is 93.3 Å². The zero-order valence-electron chi connectivity index (χ0n) is 7.14. The Morgan fingerprint density at radius 1 is 1.64 bits per heavy atom. The molecule has 14 heavy (non-hydrogen) atoms. The number of amides is 1. The van der Waals surface area contributed by atoms with Gasteiger partial charge in [-0.2, -0.15) is 0 Å². The lowest BCUT2D eigenvalue weighted by atomic mass is 10.4. The van der Waals surface area contributed by atoms with Crippen molar-refractivity contribution in [2.75, 3.05) is 0 Å². The Morgan fingerprint density at radius 2 is 2.36 bits per heavy atom. The van der Waals surface area contributed by atoms with Gasteiger partial charge in [0.2, 0.25) is 5.91 Å². The molecule has 0 unspecified atom stereocenters. The van der Waals surface area contributed by atoms with Crippen LogP contribution in [0.5, 0.6) is 0 Å². The molecule has 1 aromatic rings. The van der Waals surface area contributed by atoms with E-state index in [9.17, 15) is 9.59 Å². The van der Waals surface area contributed by atoms with Crippen LogP contribution in [-0.2, 0) is 4.79 Å². The van der Waals surface area contributed by atoms with Gasteiger partial charge in [-0.15, -0.1) is 11.3 Å². The van der Waals surface area contributed by atoms with Gasteiger partial charge in [-0.1, -0.05) is 6.08 Å². The summed E-state index contributed by atoms with van der Waals surface area (Å²) in [5.74, 6) is -1.49. The lowest BCUT2D eigenvalue weighted by Crippen LogP contribution is -2.07. The molecule has 0 atom stereocenters. The second-order valence-electron chi connectivity index (χ2n) is 2.45. The van der Waals surface area contributed by atoms with E-state index in [-0.39, 0.29) is 12.1 Å². The third kappa shape index (κ3) is 2.98. The summed E-state index contributed by atoms with van der Waals surface area (Å²) in [5, 5.41) is 10.5. The van der Waals surface area contributed by atoms with E-state index in [1.165, 1.54) is 16.7 Å². The van der Waals surface area contributed by atoms with Crippen molar-refractivity contribution < 1.29 is 14.7 Å². The summed E-state index contributed by atoms with van der Waals surface area (Å²) in [4.78, 5) is 24.6. The van der Waals surface area contributed by atoms with E-state index in [0.29, 0.717) is 5.01 Å². The van der Waals surface area contributed by atoms with Crippen molar-refractivity contribution in [3.05, 3.63) is 22.2 Å². The Bertz CT molecular complexity index is 384. The third-order valence-electron chi connectivity index (χ3n) is 1.32. The highest BCUT2D eigenvalue weighted by molar-refractivity contribution is 7.10. The monoisotopic (exact) mass is 212 g/mol. The van der Waals surface area contributed by atoms with Crippen LogP contribution >= 0.6 is 11.3 Å². The molecule has 0 aliphatic heterocycles. The van der Waals surface area contributed by atoms with E-state index < -0.39 is 11.9 Å². The number of rotatable bonds is 4. The Hall–Kier alpha value is -1.69. The first-order chi connectivity index (χ1) is 6.59. The maximum Gasteiger partial charge on any atom is 0.355 e. The molecule has 0 radical (unpaired) electrons. The largest absolute Gasteiger partial charge is 0.476 e. The standard InChI is InChI=1S/C8H8N2O3S/c9-6(11)2-1-3-7-10-5(4-14-7)8(12)13/h1,3-4H,2H2,(H2,9,11)(H,12,13). The van der Waals surface area contributed by atoms with Gasteiger partial charge < -0.3 is 10.8 Å². The second kappa shape index (κ2) is 4.52. The first-order valence-corrected chi connectivity index (χ1v) is 4.61. The summed E-state index contributed by atoms with van der Waals surface area (Å²) in [6.07, 6.45) is 3.25. The maximum absolute atomic E-state index is 10.4. The summed E-state index contributed by atoms with van der Waals surface area (Å²) in [7, 11) is 0. The number of nitrogens with two attached hydrogens (primary N) is 1. The van der Waals surface area contributed by atoms with Gasteiger partial charge in [0.1, 0.15) is 5.01 Å². The minimum Gasteiger partial charge on any atom is -0.476 e. The van der Waals surface area contributed by atoms with Crippen LogP contribution in [0.4, 0.5) is 0 Å². The van der Waals surface area contributed by atoms with Crippen LogP contribution < -0.4 is 5.73 Å². The van der Waals surface area contributed by atoms with Gasteiger partial charge >= 0.3 is 5.97 Å². The molecule has 3 N–H and O–H groups in total. The smallest absolute Gasteiger partial charge is 0.355 e. The molecule has 0 aliphatic rings. The normalized spacial score (nSPS) is 10.6. The first-order valence-electron chi connectivity index (χ1n) is 3.73. The molecular formula is C8H8N2O3S. The van der Waals surface area contributed by atoms with Crippen molar-refractivity contribution in [3.8, 4) is 0 Å². The van der Waals surface area contributed by atoms with Crippen LogP contribution in [0, 0.1) is 0 Å². The summed E-state index contributed by atoms with van der Waals surface area (Å²) >= 11 is 1.20. The number of hydrogen-bond donors (Lipinski definition) is 2. The van der Waals surface area contributed by atoms with E-state index in [2.05, 4.69) is 4.98 Å². The third-order valence-corrected chi connectivity index (χ3v) is 2.13. The van der Waals surface area contributed by atoms with E-state index in [0.717, 1.165) is 0 Å². The number of carboxylic acids is 1. The molecule has 0 aromatic carbocycles. The molecule has 74 valence electrons. The lowest BCUT2D eigenvalue weighted by molar-refractivity contribution is -0.117. The number of carbonyl (C=O) groups excluding carboxylic acids is 1.